The van der Waals surface area contributed by atoms with Gasteiger partial charge in [0.2, 0.25) is 0 Å². The highest BCUT2D eigenvalue weighted by Gasteiger charge is 2.30. The molecular formula is C16H23ClN2O3. The predicted octanol–water partition coefficient (Wildman–Crippen LogP) is 2.42. The van der Waals surface area contributed by atoms with Gasteiger partial charge < -0.3 is 20.5 Å². The summed E-state index contributed by atoms with van der Waals surface area (Å²) in [5.74, 6) is 0. The van der Waals surface area contributed by atoms with E-state index < -0.39 is 5.60 Å². The van der Waals surface area contributed by atoms with Crippen molar-refractivity contribution in [2.75, 3.05) is 19.7 Å². The van der Waals surface area contributed by atoms with Crippen molar-refractivity contribution < 1.29 is 14.6 Å². The van der Waals surface area contributed by atoms with E-state index in [1.165, 1.54) is 0 Å². The van der Waals surface area contributed by atoms with E-state index in [1.807, 2.05) is 6.92 Å². The van der Waals surface area contributed by atoms with Crippen LogP contribution in [0.5, 0.6) is 0 Å². The third-order valence-electron chi connectivity index (χ3n) is 3.97. The molecule has 1 aromatic rings. The summed E-state index contributed by atoms with van der Waals surface area (Å²) in [5.41, 5.74) is -0.936. The molecule has 22 heavy (non-hydrogen) atoms. The molecule has 2 amide bonds. The highest BCUT2D eigenvalue weighted by Crippen LogP contribution is 2.27. The Morgan fingerprint density at radius 3 is 2.82 bits per heavy atom. The van der Waals surface area contributed by atoms with Gasteiger partial charge in [-0.2, -0.15) is 0 Å². The zero-order chi connectivity index (χ0) is 16.2. The minimum Gasteiger partial charge on any atom is -0.384 e. The highest BCUT2D eigenvalue weighted by molar-refractivity contribution is 6.31. The Hall–Kier alpha value is -1.30. The minimum atomic E-state index is -1.23. The van der Waals surface area contributed by atoms with E-state index in [4.69, 9.17) is 16.3 Å². The summed E-state index contributed by atoms with van der Waals surface area (Å²) >= 11 is 6.08. The van der Waals surface area contributed by atoms with Gasteiger partial charge in [0.05, 0.1) is 12.1 Å². The van der Waals surface area contributed by atoms with Crippen molar-refractivity contribution in [3.63, 3.8) is 0 Å². The molecule has 0 saturated carbocycles. The lowest BCUT2D eigenvalue weighted by Crippen LogP contribution is -2.47. The summed E-state index contributed by atoms with van der Waals surface area (Å²) in [5, 5.41) is 16.4. The summed E-state index contributed by atoms with van der Waals surface area (Å²) in [6.07, 6.45) is 1.95. The predicted molar refractivity (Wildman–Crippen MR) is 86.0 cm³/mol. The maximum Gasteiger partial charge on any atom is 0.315 e. The lowest BCUT2D eigenvalue weighted by Gasteiger charge is -2.27. The number of carbonyl (C=O) groups is 1. The average molecular weight is 327 g/mol. The molecule has 0 aromatic heterocycles. The summed E-state index contributed by atoms with van der Waals surface area (Å²) in [7, 11) is 0. The number of nitrogens with one attached hydrogen (secondary N) is 2. The van der Waals surface area contributed by atoms with Gasteiger partial charge >= 0.3 is 6.03 Å². The first-order valence-electron chi connectivity index (χ1n) is 7.45. The third kappa shape index (κ3) is 4.35. The maximum atomic E-state index is 11.9. The fourth-order valence-corrected chi connectivity index (χ4v) is 2.89. The molecule has 0 bridgehead atoms. The number of hydrogen-bond acceptors (Lipinski definition) is 3. The van der Waals surface area contributed by atoms with Gasteiger partial charge in [0.25, 0.3) is 0 Å². The van der Waals surface area contributed by atoms with Crippen LogP contribution < -0.4 is 10.6 Å². The number of ether oxygens (including phenoxy) is 1. The highest BCUT2D eigenvalue weighted by atomic mass is 35.5. The van der Waals surface area contributed by atoms with Crippen LogP contribution in [0.2, 0.25) is 5.02 Å². The largest absolute Gasteiger partial charge is 0.384 e. The number of carbonyl (C=O) groups excluding carboxylic acids is 1. The molecule has 122 valence electrons. The van der Waals surface area contributed by atoms with E-state index in [1.54, 1.807) is 31.2 Å². The molecule has 1 fully saturated rings. The Labute approximate surface area is 136 Å². The monoisotopic (exact) mass is 326 g/mol. The van der Waals surface area contributed by atoms with Crippen LogP contribution in [-0.2, 0) is 10.3 Å². The molecular weight excluding hydrogens is 304 g/mol. The lowest BCUT2D eigenvalue weighted by molar-refractivity contribution is 0.0224. The smallest absolute Gasteiger partial charge is 0.315 e. The minimum absolute atomic E-state index is 0.0696. The zero-order valence-corrected chi connectivity index (χ0v) is 13.7. The van der Waals surface area contributed by atoms with E-state index >= 15 is 0 Å². The SMILES string of the molecule is C[C@@]1(CNC(=O)NC[C@](C)(O)c2ccccc2Cl)CCCO1. The Morgan fingerprint density at radius 2 is 2.18 bits per heavy atom. The number of benzene rings is 1. The van der Waals surface area contributed by atoms with Crippen LogP contribution in [0.4, 0.5) is 4.79 Å². The van der Waals surface area contributed by atoms with Gasteiger partial charge in [-0.05, 0) is 32.8 Å². The topological polar surface area (TPSA) is 70.6 Å². The number of rotatable bonds is 5. The molecule has 0 spiro atoms. The fraction of sp³-hybridized carbons (Fsp3) is 0.562. The fourth-order valence-electron chi connectivity index (χ4n) is 2.55. The van der Waals surface area contributed by atoms with Crippen molar-refractivity contribution >= 4 is 17.6 Å². The molecule has 2 rings (SSSR count). The lowest BCUT2D eigenvalue weighted by atomic mass is 9.96. The number of amides is 2. The van der Waals surface area contributed by atoms with E-state index in [0.717, 1.165) is 19.4 Å². The molecule has 2 atom stereocenters. The van der Waals surface area contributed by atoms with Gasteiger partial charge in [0.1, 0.15) is 5.60 Å². The molecule has 0 aliphatic carbocycles. The molecule has 6 heteroatoms. The van der Waals surface area contributed by atoms with Crippen LogP contribution in [0.15, 0.2) is 24.3 Å². The summed E-state index contributed by atoms with van der Waals surface area (Å²) in [4.78, 5) is 11.9. The van der Waals surface area contributed by atoms with Crippen LogP contribution >= 0.6 is 11.6 Å². The second-order valence-electron chi connectivity index (χ2n) is 6.19. The summed E-state index contributed by atoms with van der Waals surface area (Å²) < 4.78 is 5.61. The van der Waals surface area contributed by atoms with E-state index in [9.17, 15) is 9.90 Å². The van der Waals surface area contributed by atoms with Crippen LogP contribution in [-0.4, -0.2) is 36.4 Å². The molecule has 1 saturated heterocycles. The Balaban J connectivity index is 1.84. The molecule has 1 aliphatic heterocycles. The van der Waals surface area contributed by atoms with Gasteiger partial charge in [-0.15, -0.1) is 0 Å². The van der Waals surface area contributed by atoms with Crippen LogP contribution in [0.25, 0.3) is 0 Å². The van der Waals surface area contributed by atoms with Crippen molar-refractivity contribution in [1.82, 2.24) is 10.6 Å². The first-order chi connectivity index (χ1) is 10.3. The van der Waals surface area contributed by atoms with Crippen LogP contribution in [0.1, 0.15) is 32.3 Å². The van der Waals surface area contributed by atoms with Gasteiger partial charge in [0, 0.05) is 23.7 Å². The van der Waals surface area contributed by atoms with Crippen molar-refractivity contribution in [2.45, 2.75) is 37.9 Å². The van der Waals surface area contributed by atoms with Crippen molar-refractivity contribution in [3.8, 4) is 0 Å². The number of halogens is 1. The van der Waals surface area contributed by atoms with Crippen molar-refractivity contribution in [2.24, 2.45) is 0 Å². The van der Waals surface area contributed by atoms with Crippen LogP contribution in [0.3, 0.4) is 0 Å². The third-order valence-corrected chi connectivity index (χ3v) is 4.30. The quantitative estimate of drug-likeness (QED) is 0.778. The Bertz CT molecular complexity index is 528. The number of hydrogen-bond donors (Lipinski definition) is 3. The molecule has 5 nitrogen and oxygen atoms in total. The molecule has 3 N–H and O–H groups in total. The first-order valence-corrected chi connectivity index (χ1v) is 7.83. The molecule has 0 unspecified atom stereocenters. The summed E-state index contributed by atoms with van der Waals surface area (Å²) in [6, 6.07) is 6.72. The van der Waals surface area contributed by atoms with Crippen molar-refractivity contribution in [3.05, 3.63) is 34.9 Å². The van der Waals surface area contributed by atoms with Gasteiger partial charge in [0.15, 0.2) is 0 Å². The first kappa shape index (κ1) is 17.1. The molecule has 0 radical (unpaired) electrons. The Kier molecular flexibility index (Phi) is 5.32. The average Bonchev–Trinajstić information content (AvgIpc) is 2.91. The normalized spacial score (nSPS) is 23.8. The van der Waals surface area contributed by atoms with Crippen molar-refractivity contribution in [1.29, 1.82) is 0 Å². The molecule has 1 aromatic carbocycles. The second kappa shape index (κ2) is 6.86. The zero-order valence-electron chi connectivity index (χ0n) is 13.0. The van der Waals surface area contributed by atoms with Gasteiger partial charge in [-0.1, -0.05) is 29.8 Å². The van der Waals surface area contributed by atoms with E-state index in [2.05, 4.69) is 10.6 Å². The second-order valence-corrected chi connectivity index (χ2v) is 6.60. The standard InChI is InChI=1S/C16H23ClN2O3/c1-15(8-5-9-22-15)10-18-14(20)19-11-16(2,21)12-6-3-4-7-13(12)17/h3-4,6-7,21H,5,8-11H2,1-2H3,(H2,18,19,20)/t15-,16-/m0/s1. The Morgan fingerprint density at radius 1 is 1.45 bits per heavy atom. The van der Waals surface area contributed by atoms with Gasteiger partial charge in [-0.25, -0.2) is 4.79 Å². The van der Waals surface area contributed by atoms with E-state index in [0.29, 0.717) is 17.1 Å². The number of aliphatic hydroxyl groups is 1. The molecule has 1 aliphatic rings. The number of urea groups is 1. The van der Waals surface area contributed by atoms with Gasteiger partial charge in [-0.3, -0.25) is 0 Å². The maximum absolute atomic E-state index is 11.9. The summed E-state index contributed by atoms with van der Waals surface area (Å²) in [6.45, 7) is 4.87. The molecule has 1 heterocycles. The van der Waals surface area contributed by atoms with Crippen LogP contribution in [0, 0.1) is 0 Å². The van der Waals surface area contributed by atoms with E-state index in [-0.39, 0.29) is 18.2 Å².